The SMILES string of the molecule is CC(=O)C(C(C)=O)C(=O)[O-].CC(=O)C(C(C)=O)C(=O)[O-].CC(=O)C(C(C)=O)C(=O)[O-].CCC(C(C)=O)C(=O)[O-].CCC(C(C)=O)C(=O)[O-].CCC(C(C)=O)C(=O)[O-].[Al+3].[Al+3]. The summed E-state index contributed by atoms with van der Waals surface area (Å²) >= 11 is 0. The van der Waals surface area contributed by atoms with Crippen LogP contribution in [0.3, 0.4) is 0 Å². The molecular weight excluding hydrogens is 822 g/mol. The summed E-state index contributed by atoms with van der Waals surface area (Å²) in [6, 6.07) is 0. The quantitative estimate of drug-likeness (QED) is 0.0912. The van der Waals surface area contributed by atoms with E-state index in [2.05, 4.69) is 0 Å². The largest absolute Gasteiger partial charge is 3.00 e. The zero-order valence-corrected chi connectivity index (χ0v) is 37.1. The molecule has 0 aliphatic carbocycles. The van der Waals surface area contributed by atoms with Crippen LogP contribution in [0, 0.1) is 35.5 Å². The van der Waals surface area contributed by atoms with Gasteiger partial charge in [-0.1, -0.05) is 20.8 Å². The van der Waals surface area contributed by atoms with Gasteiger partial charge in [0.2, 0.25) is 0 Å². The van der Waals surface area contributed by atoms with Gasteiger partial charge in [0.05, 0.1) is 53.6 Å². The molecule has 0 aromatic heterocycles. The molecule has 23 heteroatoms. The zero-order chi connectivity index (χ0) is 47.2. The second-order valence-electron chi connectivity index (χ2n) is 11.6. The van der Waals surface area contributed by atoms with Gasteiger partial charge < -0.3 is 59.4 Å². The monoisotopic (exact) mass is 870 g/mol. The Balaban J connectivity index is -0.0000000876. The summed E-state index contributed by atoms with van der Waals surface area (Å²) in [7, 11) is 0. The third-order valence-electron chi connectivity index (χ3n) is 6.70. The molecule has 0 heterocycles. The first kappa shape index (κ1) is 71.6. The fourth-order valence-electron chi connectivity index (χ4n) is 3.71. The van der Waals surface area contributed by atoms with E-state index in [-0.39, 0.29) is 52.1 Å². The van der Waals surface area contributed by atoms with Crippen molar-refractivity contribution in [2.75, 3.05) is 0 Å². The van der Waals surface area contributed by atoms with E-state index in [1.54, 1.807) is 20.8 Å². The number of ketones is 9. The van der Waals surface area contributed by atoms with E-state index in [0.29, 0.717) is 19.3 Å². The second kappa shape index (κ2) is 38.4. The molecule has 0 saturated heterocycles. The first-order chi connectivity index (χ1) is 25.7. The number of hydrogen-bond acceptors (Lipinski definition) is 21. The smallest absolute Gasteiger partial charge is 0.549 e. The molecule has 0 aliphatic heterocycles. The van der Waals surface area contributed by atoms with Crippen molar-refractivity contribution >= 4 is 123 Å². The van der Waals surface area contributed by atoms with E-state index < -0.39 is 106 Å². The predicted molar refractivity (Wildman–Crippen MR) is 189 cm³/mol. The molecule has 0 fully saturated rings. The maximum Gasteiger partial charge on any atom is 3.00 e. The van der Waals surface area contributed by atoms with Crippen LogP contribution in [0.4, 0.5) is 0 Å². The van der Waals surface area contributed by atoms with Crippen LogP contribution < -0.4 is 30.6 Å². The Hall–Kier alpha value is -5.09. The molecule has 324 valence electrons. The van der Waals surface area contributed by atoms with Gasteiger partial charge in [0, 0.05) is 0 Å². The Labute approximate surface area is 361 Å². The second-order valence-corrected chi connectivity index (χ2v) is 11.6. The summed E-state index contributed by atoms with van der Waals surface area (Å²) in [5, 5.41) is 60.2. The summed E-state index contributed by atoms with van der Waals surface area (Å²) < 4.78 is 0. The van der Waals surface area contributed by atoms with Crippen LogP contribution in [0.5, 0.6) is 0 Å². The average molecular weight is 871 g/mol. The molecule has 0 radical (unpaired) electrons. The number of carbonyl (C=O) groups excluding carboxylic acids is 15. The number of carbonyl (C=O) groups is 15. The van der Waals surface area contributed by atoms with Crippen LogP contribution in [0.2, 0.25) is 0 Å². The summed E-state index contributed by atoms with van der Waals surface area (Å²) in [4.78, 5) is 154. The first-order valence-corrected chi connectivity index (χ1v) is 16.5. The standard InChI is InChI=1S/3C6H8O4.3C6H10O3.2Al/c3*1-3(7)5(4(2)8)6(9)10;3*1-3-5(4(2)7)6(8)9;;/h3*5H,1-2H3,(H,9,10);3*5H,3H2,1-2H3,(H,8,9);;/q;;;;;;2*+3/p-6. The molecule has 3 atom stereocenters. The van der Waals surface area contributed by atoms with E-state index in [1.807, 2.05) is 0 Å². The maximum atomic E-state index is 10.4. The fraction of sp³-hybridized carbons (Fsp3) is 0.583. The molecule has 21 nitrogen and oxygen atoms in total. The van der Waals surface area contributed by atoms with E-state index in [9.17, 15) is 103 Å². The molecule has 0 amide bonds. The minimum absolute atomic E-state index is 0. The van der Waals surface area contributed by atoms with Gasteiger partial charge >= 0.3 is 34.7 Å². The van der Waals surface area contributed by atoms with Crippen LogP contribution in [-0.2, 0) is 71.9 Å². The molecule has 0 aromatic rings. The minimum atomic E-state index is -1.62. The van der Waals surface area contributed by atoms with Crippen molar-refractivity contribution in [3.05, 3.63) is 0 Å². The fourth-order valence-corrected chi connectivity index (χ4v) is 3.71. The molecule has 0 saturated carbocycles. The van der Waals surface area contributed by atoms with Crippen LogP contribution in [-0.4, -0.2) is 123 Å². The summed E-state index contributed by atoms with van der Waals surface area (Å²) in [6.07, 6.45) is 0.951. The average Bonchev–Trinajstić information content (AvgIpc) is 2.96. The van der Waals surface area contributed by atoms with Crippen molar-refractivity contribution in [1.82, 2.24) is 0 Å². The third kappa shape index (κ3) is 37.0. The molecule has 0 spiro atoms. The van der Waals surface area contributed by atoms with Crippen LogP contribution in [0.1, 0.15) is 102 Å². The Morgan fingerprint density at radius 1 is 0.271 bits per heavy atom. The molecule has 3 unspecified atom stereocenters. The number of carboxylic acid groups (broad SMARTS) is 6. The van der Waals surface area contributed by atoms with Crippen molar-refractivity contribution in [2.24, 2.45) is 35.5 Å². The van der Waals surface area contributed by atoms with Crippen LogP contribution in [0.15, 0.2) is 0 Å². The summed E-state index contributed by atoms with van der Waals surface area (Å²) in [5.41, 5.74) is 0. The van der Waals surface area contributed by atoms with Gasteiger partial charge in [-0.3, -0.25) is 43.2 Å². The van der Waals surface area contributed by atoms with Crippen molar-refractivity contribution < 1.29 is 103 Å². The van der Waals surface area contributed by atoms with Crippen molar-refractivity contribution in [1.29, 1.82) is 0 Å². The molecular formula is C36H48Al2O21. The van der Waals surface area contributed by atoms with Crippen molar-refractivity contribution in [3.63, 3.8) is 0 Å². The Morgan fingerprint density at radius 2 is 0.390 bits per heavy atom. The van der Waals surface area contributed by atoms with Crippen LogP contribution >= 0.6 is 0 Å². The van der Waals surface area contributed by atoms with Gasteiger partial charge in [0.25, 0.3) is 0 Å². The first-order valence-electron chi connectivity index (χ1n) is 16.5. The summed E-state index contributed by atoms with van der Waals surface area (Å²) in [6.45, 7) is 14.9. The number of carboxylic acids is 6. The van der Waals surface area contributed by atoms with Gasteiger partial charge in [-0.05, 0) is 81.6 Å². The van der Waals surface area contributed by atoms with Gasteiger partial charge in [-0.2, -0.15) is 0 Å². The predicted octanol–water partition coefficient (Wildman–Crippen LogP) is -7.12. The Morgan fingerprint density at radius 3 is 0.390 bits per heavy atom. The molecule has 59 heavy (non-hydrogen) atoms. The van der Waals surface area contributed by atoms with Gasteiger partial charge in [0.1, 0.15) is 69.8 Å². The van der Waals surface area contributed by atoms with E-state index in [4.69, 9.17) is 0 Å². The molecule has 0 N–H and O–H groups in total. The number of Topliss-reactive ketones (excluding diaryl/α,β-unsaturated/α-hetero) is 9. The van der Waals surface area contributed by atoms with E-state index in [0.717, 1.165) is 41.5 Å². The molecule has 0 rings (SSSR count). The Bertz CT molecular complexity index is 1200. The molecule has 0 aromatic carbocycles. The topological polar surface area (TPSA) is 394 Å². The van der Waals surface area contributed by atoms with Gasteiger partial charge in [-0.25, -0.2) is 0 Å². The van der Waals surface area contributed by atoms with E-state index in [1.165, 1.54) is 20.8 Å². The minimum Gasteiger partial charge on any atom is -0.549 e. The summed E-state index contributed by atoms with van der Waals surface area (Å²) in [5.74, 6) is -21.3. The van der Waals surface area contributed by atoms with Crippen LogP contribution in [0.25, 0.3) is 0 Å². The normalized spacial score (nSPS) is 10.6. The Kier molecular flexibility index (Phi) is 46.6. The maximum absolute atomic E-state index is 10.4. The molecule has 0 aliphatic rings. The number of rotatable bonds is 18. The zero-order valence-electron chi connectivity index (χ0n) is 34.8. The van der Waals surface area contributed by atoms with Crippen molar-refractivity contribution in [3.8, 4) is 0 Å². The van der Waals surface area contributed by atoms with Gasteiger partial charge in [-0.15, -0.1) is 0 Å². The van der Waals surface area contributed by atoms with Crippen molar-refractivity contribution in [2.45, 2.75) is 102 Å². The third-order valence-corrected chi connectivity index (χ3v) is 6.70. The van der Waals surface area contributed by atoms with Gasteiger partial charge in [0.15, 0.2) is 0 Å². The number of aliphatic carboxylic acids is 6. The molecule has 0 bridgehead atoms. The number of hydrogen-bond donors (Lipinski definition) is 0. The van der Waals surface area contributed by atoms with E-state index >= 15 is 0 Å².